The summed E-state index contributed by atoms with van der Waals surface area (Å²) in [6, 6.07) is 4.94. The van der Waals surface area contributed by atoms with E-state index in [1.807, 2.05) is 6.92 Å². The monoisotopic (exact) mass is 343 g/mol. The summed E-state index contributed by atoms with van der Waals surface area (Å²) >= 11 is 12.0. The predicted octanol–water partition coefficient (Wildman–Crippen LogP) is 5.00. The van der Waals surface area contributed by atoms with Gasteiger partial charge in [0.05, 0.1) is 0 Å². The van der Waals surface area contributed by atoms with Gasteiger partial charge in [-0.05, 0) is 37.1 Å². The standard InChI is InChI=1S/C14H18Cl2F3NO/c1-2-6-20-13(5-7-21-9-14(17,18)19)11-4-3-10(15)8-12(11)16/h3-4,8,13,20H,2,5-7,9H2,1H3. The summed E-state index contributed by atoms with van der Waals surface area (Å²) in [5, 5.41) is 4.27. The minimum absolute atomic E-state index is 0.000153. The van der Waals surface area contributed by atoms with Crippen LogP contribution in [0.5, 0.6) is 0 Å². The maximum atomic E-state index is 12.0. The van der Waals surface area contributed by atoms with Crippen molar-refractivity contribution < 1.29 is 17.9 Å². The Kier molecular flexibility index (Phi) is 7.81. The highest BCUT2D eigenvalue weighted by atomic mass is 35.5. The molecule has 1 aromatic carbocycles. The lowest BCUT2D eigenvalue weighted by Gasteiger charge is -2.20. The van der Waals surface area contributed by atoms with Crippen LogP contribution >= 0.6 is 23.2 Å². The Hall–Kier alpha value is -0.490. The maximum absolute atomic E-state index is 12.0. The number of hydrogen-bond acceptors (Lipinski definition) is 2. The van der Waals surface area contributed by atoms with Crippen molar-refractivity contribution in [1.82, 2.24) is 5.32 Å². The van der Waals surface area contributed by atoms with Gasteiger partial charge in [0.25, 0.3) is 0 Å². The fourth-order valence-electron chi connectivity index (χ4n) is 1.86. The van der Waals surface area contributed by atoms with E-state index in [2.05, 4.69) is 10.1 Å². The van der Waals surface area contributed by atoms with Crippen molar-refractivity contribution in [3.05, 3.63) is 33.8 Å². The van der Waals surface area contributed by atoms with Crippen molar-refractivity contribution in [1.29, 1.82) is 0 Å². The highest BCUT2D eigenvalue weighted by Gasteiger charge is 2.27. The fourth-order valence-corrected chi connectivity index (χ4v) is 2.40. The Labute approximate surface area is 132 Å². The first-order chi connectivity index (χ1) is 9.83. The number of ether oxygens (including phenoxy) is 1. The lowest BCUT2D eigenvalue weighted by molar-refractivity contribution is -0.174. The van der Waals surface area contributed by atoms with Gasteiger partial charge in [0.2, 0.25) is 0 Å². The third-order valence-corrected chi connectivity index (χ3v) is 3.36. The molecule has 0 aliphatic carbocycles. The summed E-state index contributed by atoms with van der Waals surface area (Å²) in [6.45, 7) is 1.51. The molecule has 0 aliphatic rings. The topological polar surface area (TPSA) is 21.3 Å². The lowest BCUT2D eigenvalue weighted by atomic mass is 10.0. The minimum atomic E-state index is -4.30. The molecule has 0 aliphatic heterocycles. The van der Waals surface area contributed by atoms with E-state index in [1.165, 1.54) is 0 Å². The molecule has 0 radical (unpaired) electrons. The number of benzene rings is 1. The molecule has 21 heavy (non-hydrogen) atoms. The van der Waals surface area contributed by atoms with E-state index in [-0.39, 0.29) is 12.6 Å². The van der Waals surface area contributed by atoms with E-state index in [4.69, 9.17) is 23.2 Å². The third kappa shape index (κ3) is 7.36. The number of hydrogen-bond donors (Lipinski definition) is 1. The molecule has 1 aromatic rings. The highest BCUT2D eigenvalue weighted by Crippen LogP contribution is 2.28. The van der Waals surface area contributed by atoms with Crippen LogP contribution in [0.3, 0.4) is 0 Å². The molecule has 0 spiro atoms. The van der Waals surface area contributed by atoms with Crippen molar-refractivity contribution in [2.45, 2.75) is 32.0 Å². The van der Waals surface area contributed by atoms with Crippen LogP contribution in [-0.4, -0.2) is 25.9 Å². The zero-order chi connectivity index (χ0) is 15.9. The van der Waals surface area contributed by atoms with Crippen molar-refractivity contribution in [3.63, 3.8) is 0 Å². The van der Waals surface area contributed by atoms with Crippen LogP contribution in [0.4, 0.5) is 13.2 Å². The van der Waals surface area contributed by atoms with E-state index in [9.17, 15) is 13.2 Å². The molecule has 7 heteroatoms. The first-order valence-corrected chi connectivity index (χ1v) is 7.42. The maximum Gasteiger partial charge on any atom is 0.411 e. The second-order valence-electron chi connectivity index (χ2n) is 4.63. The normalized spacial score (nSPS) is 13.4. The first-order valence-electron chi connectivity index (χ1n) is 6.66. The van der Waals surface area contributed by atoms with Crippen molar-refractivity contribution in [2.75, 3.05) is 19.8 Å². The summed E-state index contributed by atoms with van der Waals surface area (Å²) in [6.07, 6.45) is -2.99. The average molecular weight is 344 g/mol. The zero-order valence-electron chi connectivity index (χ0n) is 11.6. The quantitative estimate of drug-likeness (QED) is 0.670. The van der Waals surface area contributed by atoms with Crippen LogP contribution in [0.1, 0.15) is 31.4 Å². The van der Waals surface area contributed by atoms with Gasteiger partial charge in [-0.25, -0.2) is 0 Å². The Balaban J connectivity index is 2.63. The van der Waals surface area contributed by atoms with Gasteiger partial charge in [-0.15, -0.1) is 0 Å². The van der Waals surface area contributed by atoms with Crippen LogP contribution in [0.2, 0.25) is 10.0 Å². The number of alkyl halides is 3. The largest absolute Gasteiger partial charge is 0.411 e. The van der Waals surface area contributed by atoms with Crippen LogP contribution in [0, 0.1) is 0 Å². The van der Waals surface area contributed by atoms with Gasteiger partial charge in [0, 0.05) is 22.7 Å². The molecule has 0 aromatic heterocycles. The Bertz CT molecular complexity index is 441. The molecule has 0 heterocycles. The van der Waals surface area contributed by atoms with Crippen molar-refractivity contribution in [2.24, 2.45) is 0 Å². The molecule has 0 bridgehead atoms. The van der Waals surface area contributed by atoms with E-state index < -0.39 is 12.8 Å². The van der Waals surface area contributed by atoms with E-state index in [1.54, 1.807) is 18.2 Å². The summed E-state index contributed by atoms with van der Waals surface area (Å²) < 4.78 is 40.8. The zero-order valence-corrected chi connectivity index (χ0v) is 13.2. The minimum Gasteiger partial charge on any atom is -0.372 e. The first kappa shape index (κ1) is 18.6. The van der Waals surface area contributed by atoms with Crippen LogP contribution in [0.15, 0.2) is 18.2 Å². The average Bonchev–Trinajstić information content (AvgIpc) is 2.38. The number of rotatable bonds is 8. The van der Waals surface area contributed by atoms with Crippen LogP contribution < -0.4 is 5.32 Å². The molecular weight excluding hydrogens is 326 g/mol. The number of nitrogens with one attached hydrogen (secondary N) is 1. The third-order valence-electron chi connectivity index (χ3n) is 2.80. The fraction of sp³-hybridized carbons (Fsp3) is 0.571. The molecule has 0 saturated carbocycles. The summed E-state index contributed by atoms with van der Waals surface area (Å²) in [4.78, 5) is 0. The molecular formula is C14H18Cl2F3NO. The van der Waals surface area contributed by atoms with Gasteiger partial charge >= 0.3 is 6.18 Å². The molecule has 1 unspecified atom stereocenters. The smallest absolute Gasteiger partial charge is 0.372 e. The Morgan fingerprint density at radius 2 is 2.00 bits per heavy atom. The van der Waals surface area contributed by atoms with Crippen LogP contribution in [-0.2, 0) is 4.74 Å². The number of halogens is 5. The molecule has 0 amide bonds. The predicted molar refractivity (Wildman–Crippen MR) is 79.0 cm³/mol. The van der Waals surface area contributed by atoms with Gasteiger partial charge in [-0.1, -0.05) is 36.2 Å². The summed E-state index contributed by atoms with van der Waals surface area (Å²) in [5.41, 5.74) is 0.810. The molecule has 0 fully saturated rings. The molecule has 0 saturated heterocycles. The molecule has 1 atom stereocenters. The van der Waals surface area contributed by atoms with Crippen molar-refractivity contribution in [3.8, 4) is 0 Å². The molecule has 1 rings (SSSR count). The second kappa shape index (κ2) is 8.83. The molecule has 1 N–H and O–H groups in total. The van der Waals surface area contributed by atoms with Gasteiger partial charge in [0.15, 0.2) is 0 Å². The van der Waals surface area contributed by atoms with Gasteiger partial charge in [-0.3, -0.25) is 0 Å². The van der Waals surface area contributed by atoms with E-state index in [0.29, 0.717) is 16.5 Å². The van der Waals surface area contributed by atoms with Crippen LogP contribution in [0.25, 0.3) is 0 Å². The second-order valence-corrected chi connectivity index (χ2v) is 5.47. The SMILES string of the molecule is CCCNC(CCOCC(F)(F)F)c1ccc(Cl)cc1Cl. The van der Waals surface area contributed by atoms with E-state index in [0.717, 1.165) is 18.5 Å². The highest BCUT2D eigenvalue weighted by molar-refractivity contribution is 6.35. The van der Waals surface area contributed by atoms with Gasteiger partial charge in [0.1, 0.15) is 6.61 Å². The van der Waals surface area contributed by atoms with E-state index >= 15 is 0 Å². The lowest BCUT2D eigenvalue weighted by Crippen LogP contribution is -2.25. The Morgan fingerprint density at radius 1 is 1.29 bits per heavy atom. The molecule has 2 nitrogen and oxygen atoms in total. The Morgan fingerprint density at radius 3 is 2.57 bits per heavy atom. The van der Waals surface area contributed by atoms with Gasteiger partial charge < -0.3 is 10.1 Å². The van der Waals surface area contributed by atoms with Crippen molar-refractivity contribution >= 4 is 23.2 Å². The summed E-state index contributed by atoms with van der Waals surface area (Å²) in [5.74, 6) is 0. The summed E-state index contributed by atoms with van der Waals surface area (Å²) in [7, 11) is 0. The van der Waals surface area contributed by atoms with Gasteiger partial charge in [-0.2, -0.15) is 13.2 Å². The molecule has 120 valence electrons.